The van der Waals surface area contributed by atoms with Crippen molar-refractivity contribution in [3.63, 3.8) is 0 Å². The molecule has 0 atom stereocenters. The highest BCUT2D eigenvalue weighted by atomic mass is 16.5. The van der Waals surface area contributed by atoms with Gasteiger partial charge in [-0.2, -0.15) is 0 Å². The van der Waals surface area contributed by atoms with Gasteiger partial charge in [0.15, 0.2) is 0 Å². The Morgan fingerprint density at radius 1 is 1.39 bits per heavy atom. The Balaban J connectivity index is 1.68. The highest BCUT2D eigenvalue weighted by molar-refractivity contribution is 5.85. The number of ether oxygens (including phenoxy) is 1. The second-order valence-corrected chi connectivity index (χ2v) is 4.90. The summed E-state index contributed by atoms with van der Waals surface area (Å²) in [6, 6.07) is 0.269. The van der Waals surface area contributed by atoms with E-state index in [9.17, 15) is 4.79 Å². The number of carbonyl (C=O) groups is 1. The van der Waals surface area contributed by atoms with Gasteiger partial charge in [0.2, 0.25) is 5.91 Å². The van der Waals surface area contributed by atoms with Crippen LogP contribution in [0.3, 0.4) is 0 Å². The summed E-state index contributed by atoms with van der Waals surface area (Å²) < 4.78 is 5.26. The zero-order valence-corrected chi connectivity index (χ0v) is 10.6. The molecule has 0 spiro atoms. The van der Waals surface area contributed by atoms with E-state index in [-0.39, 0.29) is 11.9 Å². The van der Waals surface area contributed by atoms with Crippen LogP contribution < -0.4 is 5.32 Å². The van der Waals surface area contributed by atoms with E-state index in [1.165, 1.54) is 0 Å². The Hall–Kier alpha value is -1.14. The molecule has 6 heteroatoms. The van der Waals surface area contributed by atoms with Crippen LogP contribution in [0.5, 0.6) is 0 Å². The van der Waals surface area contributed by atoms with Gasteiger partial charge in [0.1, 0.15) is 0 Å². The van der Waals surface area contributed by atoms with Crippen molar-refractivity contribution in [3.05, 3.63) is 0 Å². The molecule has 0 bridgehead atoms. The van der Waals surface area contributed by atoms with Crippen LogP contribution in [0.2, 0.25) is 0 Å². The number of carbonyl (C=O) groups excluding carboxylic acids is 1. The maximum atomic E-state index is 11.9. The van der Waals surface area contributed by atoms with E-state index >= 15 is 0 Å². The number of hydrogen-bond acceptors (Lipinski definition) is 5. The van der Waals surface area contributed by atoms with Gasteiger partial charge >= 0.3 is 0 Å². The minimum absolute atomic E-state index is 0.0892. The smallest absolute Gasteiger partial charge is 0.234 e. The van der Waals surface area contributed by atoms with E-state index in [1.54, 1.807) is 0 Å². The molecular formula is C12H21N3O3. The molecule has 0 unspecified atom stereocenters. The van der Waals surface area contributed by atoms with Crippen molar-refractivity contribution in [1.82, 2.24) is 10.2 Å². The fraction of sp³-hybridized carbons (Fsp3) is 0.833. The first-order valence-corrected chi connectivity index (χ1v) is 6.57. The SMILES string of the molecule is O=C(CN1CCC(=NO)CC1)NC1CCOCC1. The average molecular weight is 255 g/mol. The number of hydrogen-bond donors (Lipinski definition) is 2. The summed E-state index contributed by atoms with van der Waals surface area (Å²) in [6.07, 6.45) is 3.32. The van der Waals surface area contributed by atoms with E-state index in [1.807, 2.05) is 0 Å². The monoisotopic (exact) mass is 255 g/mol. The lowest BCUT2D eigenvalue weighted by atomic mass is 10.1. The van der Waals surface area contributed by atoms with Crippen molar-refractivity contribution in [1.29, 1.82) is 0 Å². The molecular weight excluding hydrogens is 234 g/mol. The molecule has 0 aliphatic carbocycles. The number of piperidine rings is 1. The predicted molar refractivity (Wildman–Crippen MR) is 66.9 cm³/mol. The van der Waals surface area contributed by atoms with Crippen LogP contribution in [0, 0.1) is 0 Å². The second-order valence-electron chi connectivity index (χ2n) is 4.90. The zero-order valence-electron chi connectivity index (χ0n) is 10.6. The second kappa shape index (κ2) is 6.70. The van der Waals surface area contributed by atoms with Crippen molar-refractivity contribution < 1.29 is 14.7 Å². The Morgan fingerprint density at radius 2 is 2.06 bits per heavy atom. The normalized spacial score (nSPS) is 22.8. The van der Waals surface area contributed by atoms with Crippen LogP contribution in [0.1, 0.15) is 25.7 Å². The fourth-order valence-corrected chi connectivity index (χ4v) is 2.39. The van der Waals surface area contributed by atoms with Gasteiger partial charge in [0.25, 0.3) is 0 Å². The maximum absolute atomic E-state index is 11.9. The molecule has 18 heavy (non-hydrogen) atoms. The first kappa shape index (κ1) is 13.3. The van der Waals surface area contributed by atoms with Gasteiger partial charge in [0, 0.05) is 45.2 Å². The van der Waals surface area contributed by atoms with Crippen molar-refractivity contribution in [2.45, 2.75) is 31.7 Å². The summed E-state index contributed by atoms with van der Waals surface area (Å²) in [7, 11) is 0. The molecule has 0 saturated carbocycles. The van der Waals surface area contributed by atoms with Crippen LogP contribution in [-0.4, -0.2) is 60.6 Å². The van der Waals surface area contributed by atoms with Crippen molar-refractivity contribution >= 4 is 11.6 Å². The van der Waals surface area contributed by atoms with Gasteiger partial charge in [0.05, 0.1) is 12.3 Å². The van der Waals surface area contributed by atoms with Gasteiger partial charge < -0.3 is 15.3 Å². The Kier molecular flexibility index (Phi) is 4.95. The molecule has 2 saturated heterocycles. The Morgan fingerprint density at radius 3 is 2.67 bits per heavy atom. The molecule has 1 amide bonds. The number of rotatable bonds is 3. The molecule has 0 aromatic heterocycles. The number of oxime groups is 1. The molecule has 0 aromatic rings. The Labute approximate surface area is 107 Å². The molecule has 0 radical (unpaired) electrons. The lowest BCUT2D eigenvalue weighted by molar-refractivity contribution is -0.123. The van der Waals surface area contributed by atoms with Gasteiger partial charge in [-0.25, -0.2) is 0 Å². The quantitative estimate of drug-likeness (QED) is 0.558. The average Bonchev–Trinajstić information content (AvgIpc) is 2.40. The molecule has 2 aliphatic rings. The fourth-order valence-electron chi connectivity index (χ4n) is 2.39. The van der Waals surface area contributed by atoms with Crippen LogP contribution in [0.4, 0.5) is 0 Å². The summed E-state index contributed by atoms with van der Waals surface area (Å²) in [5.41, 5.74) is 0.830. The van der Waals surface area contributed by atoms with Gasteiger partial charge in [-0.05, 0) is 12.8 Å². The Bertz CT molecular complexity index is 304. The molecule has 2 heterocycles. The standard InChI is InChI=1S/C12H21N3O3/c16-12(13-10-3-7-18-8-4-10)9-15-5-1-11(14-17)2-6-15/h10,17H,1-9H2,(H,13,16). The van der Waals surface area contributed by atoms with Gasteiger partial charge in [-0.1, -0.05) is 5.16 Å². The molecule has 2 rings (SSSR count). The van der Waals surface area contributed by atoms with Crippen molar-refractivity contribution in [2.24, 2.45) is 5.16 Å². The van der Waals surface area contributed by atoms with Gasteiger partial charge in [-0.3, -0.25) is 9.69 Å². The van der Waals surface area contributed by atoms with Crippen LogP contribution in [-0.2, 0) is 9.53 Å². The van der Waals surface area contributed by atoms with E-state index in [2.05, 4.69) is 15.4 Å². The van der Waals surface area contributed by atoms with Crippen molar-refractivity contribution in [2.75, 3.05) is 32.8 Å². The topological polar surface area (TPSA) is 74.2 Å². The summed E-state index contributed by atoms with van der Waals surface area (Å²) in [6.45, 7) is 3.51. The lowest BCUT2D eigenvalue weighted by Crippen LogP contribution is -2.46. The third kappa shape index (κ3) is 3.96. The maximum Gasteiger partial charge on any atom is 0.234 e. The van der Waals surface area contributed by atoms with E-state index in [4.69, 9.17) is 9.94 Å². The summed E-state index contributed by atoms with van der Waals surface area (Å²) in [5, 5.41) is 14.9. The van der Waals surface area contributed by atoms with Crippen LogP contribution >= 0.6 is 0 Å². The summed E-state index contributed by atoms with van der Waals surface area (Å²) >= 11 is 0. The zero-order chi connectivity index (χ0) is 12.8. The van der Waals surface area contributed by atoms with Crippen LogP contribution in [0.15, 0.2) is 5.16 Å². The molecule has 6 nitrogen and oxygen atoms in total. The lowest BCUT2D eigenvalue weighted by Gasteiger charge is -2.28. The highest BCUT2D eigenvalue weighted by Crippen LogP contribution is 2.08. The number of nitrogens with one attached hydrogen (secondary N) is 1. The number of amides is 1. The minimum Gasteiger partial charge on any atom is -0.411 e. The third-order valence-electron chi connectivity index (χ3n) is 3.53. The predicted octanol–water partition coefficient (Wildman–Crippen LogP) is 0.208. The first-order valence-electron chi connectivity index (χ1n) is 6.57. The van der Waals surface area contributed by atoms with E-state index in [0.29, 0.717) is 6.54 Å². The molecule has 2 N–H and O–H groups in total. The first-order chi connectivity index (χ1) is 8.78. The molecule has 2 fully saturated rings. The summed E-state index contributed by atoms with van der Waals surface area (Å²) in [4.78, 5) is 14.0. The summed E-state index contributed by atoms with van der Waals surface area (Å²) in [5.74, 6) is 0.0892. The third-order valence-corrected chi connectivity index (χ3v) is 3.53. The van der Waals surface area contributed by atoms with Crippen LogP contribution in [0.25, 0.3) is 0 Å². The minimum atomic E-state index is 0.0892. The molecule has 102 valence electrons. The molecule has 0 aromatic carbocycles. The van der Waals surface area contributed by atoms with E-state index in [0.717, 1.165) is 57.7 Å². The largest absolute Gasteiger partial charge is 0.411 e. The van der Waals surface area contributed by atoms with Gasteiger partial charge in [-0.15, -0.1) is 0 Å². The highest BCUT2D eigenvalue weighted by Gasteiger charge is 2.20. The molecule has 2 aliphatic heterocycles. The van der Waals surface area contributed by atoms with E-state index < -0.39 is 0 Å². The number of likely N-dealkylation sites (tertiary alicyclic amines) is 1. The van der Waals surface area contributed by atoms with Crippen molar-refractivity contribution in [3.8, 4) is 0 Å². The number of nitrogens with zero attached hydrogens (tertiary/aromatic N) is 2.